The Hall–Kier alpha value is -9.36. The maximum Gasteiger partial charge on any atom is -0.00106 e. The van der Waals surface area contributed by atoms with Crippen LogP contribution in [0.25, 0.3) is 66.8 Å². The van der Waals surface area contributed by atoms with Gasteiger partial charge in [0, 0.05) is 0 Å². The van der Waals surface area contributed by atoms with Crippen LogP contribution in [0, 0.1) is 118 Å². The zero-order valence-electron chi connectivity index (χ0n) is 59.6. The maximum absolute atomic E-state index is 2.35. The molecule has 0 heterocycles. The first kappa shape index (κ1) is 64.4. The van der Waals surface area contributed by atoms with Crippen LogP contribution in [0.2, 0.25) is 0 Å². The molecule has 474 valence electrons. The molecule has 0 atom stereocenters. The summed E-state index contributed by atoms with van der Waals surface area (Å²) in [5.41, 5.74) is 59.7. The Morgan fingerprint density at radius 2 is 0.537 bits per heavy atom. The fourth-order valence-electron chi connectivity index (χ4n) is 16.2. The summed E-state index contributed by atoms with van der Waals surface area (Å²) in [5.74, 6) is 0. The van der Waals surface area contributed by atoms with E-state index in [2.05, 4.69) is 306 Å². The summed E-state index contributed by atoms with van der Waals surface area (Å²) in [6.07, 6.45) is 6.66. The molecule has 6 aliphatic rings. The summed E-state index contributed by atoms with van der Waals surface area (Å²) in [5, 5.41) is 0. The molecule has 0 saturated heterocycles. The number of hydrogen-bond donors (Lipinski definition) is 0. The lowest BCUT2D eigenvalue weighted by molar-refractivity contribution is 1.17. The Bertz CT molecular complexity index is 5060. The van der Waals surface area contributed by atoms with Gasteiger partial charge in [-0.05, 0) is 373 Å². The van der Waals surface area contributed by atoms with Gasteiger partial charge in [0.2, 0.25) is 0 Å². The maximum atomic E-state index is 2.35. The van der Waals surface area contributed by atoms with Crippen molar-refractivity contribution in [1.82, 2.24) is 0 Å². The number of rotatable bonds is 0. The highest BCUT2D eigenvalue weighted by Crippen LogP contribution is 2.46. The number of hydrogen-bond acceptors (Lipinski definition) is 0. The lowest BCUT2D eigenvalue weighted by Crippen LogP contribution is -1.93. The van der Waals surface area contributed by atoms with E-state index in [-0.39, 0.29) is 0 Å². The van der Waals surface area contributed by atoms with Gasteiger partial charge in [0.05, 0.1) is 0 Å². The van der Waals surface area contributed by atoms with Crippen LogP contribution in [-0.4, -0.2) is 0 Å². The van der Waals surface area contributed by atoms with Crippen LogP contribution in [-0.2, 0) is 38.5 Å². The molecule has 0 bridgehead atoms. The fourth-order valence-corrected chi connectivity index (χ4v) is 16.2. The highest BCUT2D eigenvalue weighted by atomic mass is 14.3. The van der Waals surface area contributed by atoms with Crippen molar-refractivity contribution in [2.24, 2.45) is 0 Å². The van der Waals surface area contributed by atoms with Crippen molar-refractivity contribution in [3.63, 3.8) is 0 Å². The minimum Gasteiger partial charge on any atom is -0.0619 e. The largest absolute Gasteiger partial charge is 0.0619 e. The van der Waals surface area contributed by atoms with E-state index in [1.807, 2.05) is 0 Å². The van der Waals surface area contributed by atoms with Crippen LogP contribution in [0.5, 0.6) is 0 Å². The Balaban J connectivity index is 0.000000103. The van der Waals surface area contributed by atoms with Gasteiger partial charge in [-0.15, -0.1) is 0 Å². The van der Waals surface area contributed by atoms with Gasteiger partial charge in [0.25, 0.3) is 0 Å². The monoisotopic (exact) mass is 1230 g/mol. The first-order chi connectivity index (χ1) is 45.6. The molecule has 0 aromatic heterocycles. The molecular formula is C95H94. The Labute approximate surface area is 568 Å². The Morgan fingerprint density at radius 1 is 0.168 bits per heavy atom. The van der Waals surface area contributed by atoms with Crippen molar-refractivity contribution in [2.75, 3.05) is 0 Å². The summed E-state index contributed by atoms with van der Waals surface area (Å²) in [7, 11) is 0. The lowest BCUT2D eigenvalue weighted by atomic mass is 9.94. The lowest BCUT2D eigenvalue weighted by Gasteiger charge is -2.11. The third-order valence-corrected chi connectivity index (χ3v) is 22.8. The molecule has 18 rings (SSSR count). The van der Waals surface area contributed by atoms with Gasteiger partial charge in [-0.2, -0.15) is 0 Å². The van der Waals surface area contributed by atoms with E-state index < -0.39 is 0 Å². The molecule has 0 heteroatoms. The Morgan fingerprint density at radius 3 is 1.11 bits per heavy atom. The molecule has 0 N–H and O–H groups in total. The minimum absolute atomic E-state index is 1.11. The number of fused-ring (bicyclic) bond motifs is 18. The van der Waals surface area contributed by atoms with Crippen LogP contribution < -0.4 is 0 Å². The van der Waals surface area contributed by atoms with Gasteiger partial charge in [0.15, 0.2) is 0 Å². The molecule has 0 nitrogen and oxygen atoms in total. The van der Waals surface area contributed by atoms with Gasteiger partial charge in [-0.1, -0.05) is 199 Å². The third kappa shape index (κ3) is 12.0. The van der Waals surface area contributed by atoms with Crippen LogP contribution in [0.4, 0.5) is 0 Å². The second-order valence-corrected chi connectivity index (χ2v) is 28.6. The van der Waals surface area contributed by atoms with Crippen molar-refractivity contribution in [2.45, 2.75) is 156 Å². The van der Waals surface area contributed by atoms with Crippen molar-refractivity contribution in [3.8, 4) is 66.8 Å². The summed E-state index contributed by atoms with van der Waals surface area (Å²) in [4.78, 5) is 0. The number of aryl methyl sites for hydroxylation is 10. The molecule has 0 radical (unpaired) electrons. The molecule has 12 aromatic carbocycles. The molecule has 0 saturated carbocycles. The second kappa shape index (κ2) is 26.1. The van der Waals surface area contributed by atoms with Crippen LogP contribution in [0.15, 0.2) is 188 Å². The van der Waals surface area contributed by atoms with E-state index in [0.717, 1.165) is 38.5 Å². The minimum atomic E-state index is 1.11. The van der Waals surface area contributed by atoms with Gasteiger partial charge in [-0.25, -0.2) is 0 Å². The topological polar surface area (TPSA) is 0 Å². The summed E-state index contributed by atoms with van der Waals surface area (Å²) >= 11 is 0. The van der Waals surface area contributed by atoms with Crippen molar-refractivity contribution in [3.05, 3.63) is 349 Å². The van der Waals surface area contributed by atoms with E-state index in [1.54, 1.807) is 5.56 Å². The first-order valence-electron chi connectivity index (χ1n) is 34.7. The molecule has 0 spiro atoms. The molecule has 95 heavy (non-hydrogen) atoms. The average Bonchev–Trinajstić information content (AvgIpc) is 1.68. The molecular weight excluding hydrogens is 1140 g/mol. The van der Waals surface area contributed by atoms with Crippen molar-refractivity contribution in [1.29, 1.82) is 0 Å². The molecule has 0 amide bonds. The zero-order valence-corrected chi connectivity index (χ0v) is 59.6. The predicted octanol–water partition coefficient (Wildman–Crippen LogP) is 24.8. The number of benzene rings is 12. The van der Waals surface area contributed by atoms with E-state index in [0.29, 0.717) is 0 Å². The van der Waals surface area contributed by atoms with E-state index >= 15 is 0 Å². The fraction of sp³-hybridized carbons (Fsp3) is 0.242. The molecule has 6 aliphatic carbocycles. The average molecular weight is 1240 g/mol. The molecule has 12 aromatic rings. The van der Waals surface area contributed by atoms with E-state index in [1.165, 1.54) is 223 Å². The van der Waals surface area contributed by atoms with Crippen LogP contribution in [0.3, 0.4) is 0 Å². The normalized spacial score (nSPS) is 12.4. The highest BCUT2D eigenvalue weighted by Gasteiger charge is 2.27. The highest BCUT2D eigenvalue weighted by molar-refractivity contribution is 5.85. The Kier molecular flexibility index (Phi) is 17.7. The third-order valence-electron chi connectivity index (χ3n) is 22.8. The molecule has 0 fully saturated rings. The van der Waals surface area contributed by atoms with Gasteiger partial charge < -0.3 is 0 Å². The van der Waals surface area contributed by atoms with Gasteiger partial charge in [-0.3, -0.25) is 0 Å². The second-order valence-electron chi connectivity index (χ2n) is 28.6. The molecule has 0 unspecified atom stereocenters. The van der Waals surface area contributed by atoms with E-state index in [9.17, 15) is 0 Å². The van der Waals surface area contributed by atoms with Crippen LogP contribution in [0.1, 0.15) is 161 Å². The summed E-state index contributed by atoms with van der Waals surface area (Å²) in [6, 6.07) is 69.3. The van der Waals surface area contributed by atoms with Gasteiger partial charge >= 0.3 is 0 Å². The van der Waals surface area contributed by atoms with Gasteiger partial charge in [0.1, 0.15) is 0 Å². The summed E-state index contributed by atoms with van der Waals surface area (Å²) < 4.78 is 0. The SMILES string of the molecule is Cc1cc(C)c2c(c1C)Cc1ccccc1-2.Cc1cc2c(c(C)c1C)Cc1ccccc1-2.Cc1ccc2c(c1)-c1ccc(C)c(C)c1C2.Cc1ccc2c(c1)Cc1c-2ccc(C)c1C.Cc1ccc2c(c1C)Cc1cccc(C)c1-2.Cc1ccc2c(c1C)Cc1ccccc1-2. The predicted molar refractivity (Wildman–Crippen MR) is 409 cm³/mol. The standard InChI is InChI=1S/5C16H16.C15H14/c1-10-4-6-14-13(8-10)9-16-12(3)11(2)5-7-15(14)16;1-10-4-6-13-9-15-12(3)11(2)5-7-14(15)16(13)8-10;1-10-7-8-14-15(12(10)3)9-13-6-4-5-11(2)16(13)14;1-10-8-16-14-7-5-4-6-13(14)9-15(16)12(3)11(10)2;1-10-8-11(2)16-14-7-5-4-6-13(14)9-15(16)12(10)3;1-10-7-8-14-13-6-4-3-5-12(13)9-15(14)11(10)2/h5*4-8H,9H2,1-3H3;3-8H,9H2,1-2H3. The smallest absolute Gasteiger partial charge is 0.00106 e. The van der Waals surface area contributed by atoms with Crippen molar-refractivity contribution >= 4 is 0 Å². The molecule has 0 aliphatic heterocycles. The van der Waals surface area contributed by atoms with Crippen LogP contribution >= 0.6 is 0 Å². The van der Waals surface area contributed by atoms with Crippen molar-refractivity contribution < 1.29 is 0 Å². The zero-order chi connectivity index (χ0) is 66.8. The first-order valence-corrected chi connectivity index (χ1v) is 34.7. The summed E-state index contributed by atoms with van der Waals surface area (Å²) in [6.45, 7) is 37.7. The van der Waals surface area contributed by atoms with E-state index in [4.69, 9.17) is 0 Å². The quantitative estimate of drug-likeness (QED) is 0.142.